The summed E-state index contributed by atoms with van der Waals surface area (Å²) in [5.74, 6) is 2.92. The van der Waals surface area contributed by atoms with Crippen molar-refractivity contribution in [2.75, 3.05) is 38.8 Å². The normalized spacial score (nSPS) is 17.1. The lowest BCUT2D eigenvalue weighted by molar-refractivity contribution is 0.140. The summed E-state index contributed by atoms with van der Waals surface area (Å²) in [6.07, 6.45) is 4.37. The molecule has 25 heavy (non-hydrogen) atoms. The van der Waals surface area contributed by atoms with Gasteiger partial charge in [-0.1, -0.05) is 12.1 Å². The summed E-state index contributed by atoms with van der Waals surface area (Å²) in [5.41, 5.74) is 2.34. The number of thioether (sulfide) groups is 1. The number of halogens is 1. The Morgan fingerprint density at radius 2 is 2.24 bits per heavy atom. The van der Waals surface area contributed by atoms with Crippen molar-refractivity contribution >= 4 is 41.7 Å². The average molecular weight is 479 g/mol. The molecule has 2 rings (SSSR count). The number of hydrogen-bond donors (Lipinski definition) is 2. The van der Waals surface area contributed by atoms with Crippen LogP contribution in [0.4, 0.5) is 0 Å². The lowest BCUT2D eigenvalue weighted by Crippen LogP contribution is -2.37. The fourth-order valence-electron chi connectivity index (χ4n) is 2.53. The highest BCUT2D eigenvalue weighted by molar-refractivity contribution is 14.0. The van der Waals surface area contributed by atoms with E-state index in [-0.39, 0.29) is 30.1 Å². The second-order valence-electron chi connectivity index (χ2n) is 5.91. The molecule has 0 amide bonds. The molecule has 1 saturated heterocycles. The molecule has 1 atom stereocenters. The number of nitrogens with zero attached hydrogens (tertiary/aromatic N) is 1. The van der Waals surface area contributed by atoms with Gasteiger partial charge in [0.1, 0.15) is 11.9 Å². The number of benzene rings is 1. The zero-order chi connectivity index (χ0) is 17.2. The van der Waals surface area contributed by atoms with E-state index < -0.39 is 0 Å². The fraction of sp³-hybridized carbons (Fsp3) is 0.611. The molecule has 142 valence electrons. The van der Waals surface area contributed by atoms with Gasteiger partial charge in [0.05, 0.1) is 13.2 Å². The minimum absolute atomic E-state index is 0. The highest BCUT2D eigenvalue weighted by Crippen LogP contribution is 2.23. The monoisotopic (exact) mass is 479 g/mol. The van der Waals surface area contributed by atoms with Crippen molar-refractivity contribution in [3.05, 3.63) is 29.3 Å². The quantitative estimate of drug-likeness (QED) is 0.260. The van der Waals surface area contributed by atoms with Crippen LogP contribution in [0.5, 0.6) is 5.75 Å². The standard InChI is InChI=1S/C18H29N3O2S.HI/c1-14-5-6-15(17(11-14)23-16-7-9-22-13-16)12-21-18(19-2)20-8-4-10-24-3;/h5-6,11,16H,4,7-10,12-13H2,1-3H3,(H2,19,20,21);1H. The van der Waals surface area contributed by atoms with E-state index in [4.69, 9.17) is 9.47 Å². The molecular formula is C18H30IN3O2S. The number of guanidine groups is 1. The lowest BCUT2D eigenvalue weighted by Gasteiger charge is -2.18. The summed E-state index contributed by atoms with van der Waals surface area (Å²) in [5, 5.41) is 6.71. The number of hydrogen-bond acceptors (Lipinski definition) is 4. The van der Waals surface area contributed by atoms with Crippen molar-refractivity contribution < 1.29 is 9.47 Å². The zero-order valence-electron chi connectivity index (χ0n) is 15.3. The molecule has 1 aromatic carbocycles. The Morgan fingerprint density at radius 1 is 1.40 bits per heavy atom. The summed E-state index contributed by atoms with van der Waals surface area (Å²) in [6.45, 7) is 5.17. The first-order valence-corrected chi connectivity index (χ1v) is 9.89. The SMILES string of the molecule is CN=C(NCCCSC)NCc1ccc(C)cc1OC1CCOC1.I. The lowest BCUT2D eigenvalue weighted by atomic mass is 10.1. The van der Waals surface area contributed by atoms with Gasteiger partial charge in [-0.15, -0.1) is 24.0 Å². The van der Waals surface area contributed by atoms with Gasteiger partial charge in [0.25, 0.3) is 0 Å². The fourth-order valence-corrected chi connectivity index (χ4v) is 2.96. The van der Waals surface area contributed by atoms with E-state index >= 15 is 0 Å². The topological polar surface area (TPSA) is 54.9 Å². The third kappa shape index (κ3) is 8.04. The van der Waals surface area contributed by atoms with E-state index in [1.54, 1.807) is 7.05 Å². The predicted molar refractivity (Wildman–Crippen MR) is 118 cm³/mol. The van der Waals surface area contributed by atoms with Crippen LogP contribution in [-0.4, -0.2) is 50.9 Å². The molecule has 2 N–H and O–H groups in total. The van der Waals surface area contributed by atoms with Crippen LogP contribution in [0.1, 0.15) is 24.0 Å². The molecule has 1 unspecified atom stereocenters. The Morgan fingerprint density at radius 3 is 2.92 bits per heavy atom. The molecule has 1 aliphatic rings. The first-order valence-electron chi connectivity index (χ1n) is 8.50. The number of ether oxygens (including phenoxy) is 2. The van der Waals surface area contributed by atoms with E-state index in [1.165, 1.54) is 5.56 Å². The molecule has 0 radical (unpaired) electrons. The number of aliphatic imine (C=N–C) groups is 1. The van der Waals surface area contributed by atoms with Gasteiger partial charge in [-0.25, -0.2) is 0 Å². The van der Waals surface area contributed by atoms with Gasteiger partial charge in [0.15, 0.2) is 5.96 Å². The minimum atomic E-state index is 0. The minimum Gasteiger partial charge on any atom is -0.488 e. The highest BCUT2D eigenvalue weighted by Gasteiger charge is 2.18. The number of aryl methyl sites for hydroxylation is 1. The van der Waals surface area contributed by atoms with Gasteiger partial charge in [-0.3, -0.25) is 4.99 Å². The van der Waals surface area contributed by atoms with Crippen LogP contribution in [0, 0.1) is 6.92 Å². The first kappa shape index (κ1) is 22.4. The van der Waals surface area contributed by atoms with Gasteiger partial charge in [-0.05, 0) is 37.0 Å². The first-order chi connectivity index (χ1) is 11.7. The predicted octanol–water partition coefficient (Wildman–Crippen LogP) is 3.20. The van der Waals surface area contributed by atoms with Crippen molar-refractivity contribution in [2.45, 2.75) is 32.4 Å². The van der Waals surface area contributed by atoms with Gasteiger partial charge in [0, 0.05) is 32.1 Å². The molecule has 5 nitrogen and oxygen atoms in total. The van der Waals surface area contributed by atoms with Crippen LogP contribution >= 0.6 is 35.7 Å². The maximum Gasteiger partial charge on any atom is 0.191 e. The Kier molecular flexibility index (Phi) is 11.3. The van der Waals surface area contributed by atoms with E-state index in [9.17, 15) is 0 Å². The molecule has 0 saturated carbocycles. The van der Waals surface area contributed by atoms with Gasteiger partial charge in [-0.2, -0.15) is 11.8 Å². The highest BCUT2D eigenvalue weighted by atomic mass is 127. The zero-order valence-corrected chi connectivity index (χ0v) is 18.5. The largest absolute Gasteiger partial charge is 0.488 e. The Balaban J connectivity index is 0.00000312. The third-order valence-electron chi connectivity index (χ3n) is 3.89. The smallest absolute Gasteiger partial charge is 0.191 e. The molecule has 1 aromatic rings. The summed E-state index contributed by atoms with van der Waals surface area (Å²) in [4.78, 5) is 4.28. The molecule has 0 aliphatic carbocycles. The van der Waals surface area contributed by atoms with E-state index in [2.05, 4.69) is 47.0 Å². The Hall–Kier alpha value is -0.670. The molecule has 1 heterocycles. The summed E-state index contributed by atoms with van der Waals surface area (Å²) >= 11 is 1.86. The molecule has 1 aliphatic heterocycles. The second-order valence-corrected chi connectivity index (χ2v) is 6.90. The molecule has 0 spiro atoms. The molecule has 7 heteroatoms. The maximum atomic E-state index is 6.14. The van der Waals surface area contributed by atoms with E-state index in [1.807, 2.05) is 11.8 Å². The van der Waals surface area contributed by atoms with Crippen molar-refractivity contribution in [3.63, 3.8) is 0 Å². The van der Waals surface area contributed by atoms with Crippen molar-refractivity contribution in [3.8, 4) is 5.75 Å². The molecule has 0 aromatic heterocycles. The second kappa shape index (κ2) is 12.6. The van der Waals surface area contributed by atoms with Crippen LogP contribution in [0.15, 0.2) is 23.2 Å². The Labute approximate surface area is 172 Å². The van der Waals surface area contributed by atoms with E-state index in [0.717, 1.165) is 49.0 Å². The maximum absolute atomic E-state index is 6.14. The molecular weight excluding hydrogens is 449 g/mol. The van der Waals surface area contributed by atoms with Gasteiger partial charge >= 0.3 is 0 Å². The number of nitrogens with one attached hydrogen (secondary N) is 2. The van der Waals surface area contributed by atoms with Gasteiger partial charge in [0.2, 0.25) is 0 Å². The van der Waals surface area contributed by atoms with Crippen LogP contribution in [0.25, 0.3) is 0 Å². The molecule has 0 bridgehead atoms. The summed E-state index contributed by atoms with van der Waals surface area (Å²) in [7, 11) is 1.80. The van der Waals surface area contributed by atoms with Gasteiger partial charge < -0.3 is 20.1 Å². The summed E-state index contributed by atoms with van der Waals surface area (Å²) in [6, 6.07) is 6.34. The van der Waals surface area contributed by atoms with E-state index in [0.29, 0.717) is 13.2 Å². The van der Waals surface area contributed by atoms with Crippen molar-refractivity contribution in [1.82, 2.24) is 10.6 Å². The van der Waals surface area contributed by atoms with Crippen LogP contribution in [0.3, 0.4) is 0 Å². The van der Waals surface area contributed by atoms with Crippen LogP contribution in [-0.2, 0) is 11.3 Å². The summed E-state index contributed by atoms with van der Waals surface area (Å²) < 4.78 is 11.5. The Bertz CT molecular complexity index is 537. The third-order valence-corrected chi connectivity index (χ3v) is 4.59. The molecule has 1 fully saturated rings. The average Bonchev–Trinajstić information content (AvgIpc) is 3.09. The van der Waals surface area contributed by atoms with Crippen molar-refractivity contribution in [1.29, 1.82) is 0 Å². The van der Waals surface area contributed by atoms with Crippen LogP contribution in [0.2, 0.25) is 0 Å². The number of rotatable bonds is 8. The van der Waals surface area contributed by atoms with Crippen LogP contribution < -0.4 is 15.4 Å². The van der Waals surface area contributed by atoms with Crippen molar-refractivity contribution in [2.24, 2.45) is 4.99 Å².